The summed E-state index contributed by atoms with van der Waals surface area (Å²) in [5.41, 5.74) is 0.881. The minimum Gasteiger partial charge on any atom is -0.326 e. The molecule has 1 aromatic rings. The predicted molar refractivity (Wildman–Crippen MR) is 83.7 cm³/mol. The van der Waals surface area contributed by atoms with Crippen LogP contribution in [0.1, 0.15) is 39.0 Å². The van der Waals surface area contributed by atoms with E-state index >= 15 is 0 Å². The van der Waals surface area contributed by atoms with Crippen LogP contribution in [-0.2, 0) is 4.79 Å². The number of nitrogens with zero attached hydrogens (tertiary/aromatic N) is 1. The molecular weight excluding hydrogens is 248 g/mol. The monoisotopic (exact) mass is 274 g/mol. The average molecular weight is 274 g/mol. The molecule has 0 bridgehead atoms. The smallest absolute Gasteiger partial charge is 0.225 e. The van der Waals surface area contributed by atoms with Gasteiger partial charge in [-0.3, -0.25) is 4.79 Å². The molecule has 1 amide bonds. The van der Waals surface area contributed by atoms with Crippen LogP contribution >= 0.6 is 0 Å². The molecule has 3 nitrogen and oxygen atoms in total. The van der Waals surface area contributed by atoms with Crippen molar-refractivity contribution in [3.8, 4) is 0 Å². The third-order valence-electron chi connectivity index (χ3n) is 4.38. The lowest BCUT2D eigenvalue weighted by Crippen LogP contribution is -2.40. The van der Waals surface area contributed by atoms with Gasteiger partial charge in [-0.25, -0.2) is 0 Å². The fourth-order valence-electron chi connectivity index (χ4n) is 3.14. The lowest BCUT2D eigenvalue weighted by Gasteiger charge is -2.36. The van der Waals surface area contributed by atoms with Gasteiger partial charge in [-0.15, -0.1) is 0 Å². The number of rotatable bonds is 5. The Morgan fingerprint density at radius 3 is 2.65 bits per heavy atom. The largest absolute Gasteiger partial charge is 0.326 e. The molecule has 0 saturated heterocycles. The van der Waals surface area contributed by atoms with Gasteiger partial charge in [0.05, 0.1) is 0 Å². The van der Waals surface area contributed by atoms with Crippen LogP contribution < -0.4 is 5.32 Å². The Morgan fingerprint density at radius 1 is 1.25 bits per heavy atom. The van der Waals surface area contributed by atoms with Crippen LogP contribution in [-0.4, -0.2) is 30.4 Å². The van der Waals surface area contributed by atoms with E-state index in [1.165, 1.54) is 25.7 Å². The summed E-state index contributed by atoms with van der Waals surface area (Å²) in [6.07, 6.45) is 5.85. The second-order valence-electron chi connectivity index (χ2n) is 5.97. The third-order valence-corrected chi connectivity index (χ3v) is 4.38. The predicted octanol–water partition coefficient (Wildman–Crippen LogP) is 3.53. The van der Waals surface area contributed by atoms with Gasteiger partial charge in [0.1, 0.15) is 0 Å². The highest BCUT2D eigenvalue weighted by Crippen LogP contribution is 2.27. The van der Waals surface area contributed by atoms with E-state index in [1.54, 1.807) is 0 Å². The molecule has 1 aliphatic rings. The van der Waals surface area contributed by atoms with Gasteiger partial charge in [0.15, 0.2) is 0 Å². The Bertz CT molecular complexity index is 418. The first-order valence-electron chi connectivity index (χ1n) is 7.72. The minimum atomic E-state index is 0.103. The van der Waals surface area contributed by atoms with Gasteiger partial charge in [0.2, 0.25) is 5.91 Å². The average Bonchev–Trinajstić information content (AvgIpc) is 2.46. The van der Waals surface area contributed by atoms with Crippen molar-refractivity contribution in [3.05, 3.63) is 30.3 Å². The molecule has 0 spiro atoms. The fourth-order valence-corrected chi connectivity index (χ4v) is 3.14. The number of hydrogen-bond acceptors (Lipinski definition) is 2. The van der Waals surface area contributed by atoms with Gasteiger partial charge < -0.3 is 10.2 Å². The van der Waals surface area contributed by atoms with Gasteiger partial charge in [-0.1, -0.05) is 38.0 Å². The minimum absolute atomic E-state index is 0.103. The molecule has 0 aromatic heterocycles. The number of hydrogen-bond donors (Lipinski definition) is 1. The molecule has 2 atom stereocenters. The van der Waals surface area contributed by atoms with Crippen molar-refractivity contribution >= 4 is 11.6 Å². The molecule has 1 aromatic carbocycles. The first-order chi connectivity index (χ1) is 9.66. The normalized spacial score (nSPS) is 22.8. The molecule has 110 valence electrons. The van der Waals surface area contributed by atoms with Crippen molar-refractivity contribution in [2.45, 2.75) is 45.1 Å². The van der Waals surface area contributed by atoms with E-state index in [4.69, 9.17) is 0 Å². The Balaban J connectivity index is 1.75. The maximum absolute atomic E-state index is 11.9. The second kappa shape index (κ2) is 7.44. The number of carbonyl (C=O) groups is 1. The molecule has 1 aliphatic carbocycles. The van der Waals surface area contributed by atoms with E-state index in [0.29, 0.717) is 12.5 Å². The van der Waals surface area contributed by atoms with Crippen LogP contribution in [0, 0.1) is 5.92 Å². The highest BCUT2D eigenvalue weighted by Gasteiger charge is 2.24. The quantitative estimate of drug-likeness (QED) is 0.891. The van der Waals surface area contributed by atoms with Gasteiger partial charge in [-0.05, 0) is 37.9 Å². The summed E-state index contributed by atoms with van der Waals surface area (Å²) >= 11 is 0. The molecule has 2 unspecified atom stereocenters. The van der Waals surface area contributed by atoms with Crippen LogP contribution in [0.25, 0.3) is 0 Å². The third kappa shape index (κ3) is 4.34. The van der Waals surface area contributed by atoms with Gasteiger partial charge in [-0.2, -0.15) is 0 Å². The maximum atomic E-state index is 11.9. The zero-order valence-electron chi connectivity index (χ0n) is 12.6. The van der Waals surface area contributed by atoms with Crippen LogP contribution in [0.3, 0.4) is 0 Å². The first kappa shape index (κ1) is 15.0. The van der Waals surface area contributed by atoms with E-state index in [9.17, 15) is 4.79 Å². The molecule has 1 saturated carbocycles. The van der Waals surface area contributed by atoms with E-state index in [1.807, 2.05) is 30.3 Å². The van der Waals surface area contributed by atoms with E-state index < -0.39 is 0 Å². The highest BCUT2D eigenvalue weighted by atomic mass is 16.1. The number of anilines is 1. The molecule has 1 N–H and O–H groups in total. The first-order valence-corrected chi connectivity index (χ1v) is 7.72. The van der Waals surface area contributed by atoms with Crippen molar-refractivity contribution in [2.75, 3.05) is 18.9 Å². The van der Waals surface area contributed by atoms with Gasteiger partial charge in [0.25, 0.3) is 0 Å². The van der Waals surface area contributed by atoms with E-state index in [-0.39, 0.29) is 5.91 Å². The zero-order chi connectivity index (χ0) is 14.4. The fraction of sp³-hybridized carbons (Fsp3) is 0.588. The lowest BCUT2D eigenvalue weighted by molar-refractivity contribution is -0.116. The Labute approximate surface area is 122 Å². The number of benzene rings is 1. The van der Waals surface area contributed by atoms with E-state index in [2.05, 4.69) is 24.2 Å². The Kier molecular flexibility index (Phi) is 5.60. The van der Waals surface area contributed by atoms with Crippen molar-refractivity contribution in [1.29, 1.82) is 0 Å². The molecule has 0 radical (unpaired) electrons. The summed E-state index contributed by atoms with van der Waals surface area (Å²) in [5, 5.41) is 2.95. The standard InChI is InChI=1S/C17H26N2O/c1-14-8-6-7-11-16(14)19(2)13-12-17(20)18-15-9-4-3-5-10-15/h3-5,9-10,14,16H,6-8,11-13H2,1-2H3,(H,18,20). The molecule has 3 heteroatoms. The van der Waals surface area contributed by atoms with Crippen molar-refractivity contribution in [3.63, 3.8) is 0 Å². The lowest BCUT2D eigenvalue weighted by atomic mass is 9.85. The summed E-state index contributed by atoms with van der Waals surface area (Å²) in [7, 11) is 2.16. The SMILES string of the molecule is CC1CCCCC1N(C)CCC(=O)Nc1ccccc1. The van der Waals surface area contributed by atoms with Crippen LogP contribution in [0.5, 0.6) is 0 Å². The molecule has 1 fully saturated rings. The summed E-state index contributed by atoms with van der Waals surface area (Å²) < 4.78 is 0. The second-order valence-corrected chi connectivity index (χ2v) is 5.97. The van der Waals surface area contributed by atoms with Crippen LogP contribution in [0.15, 0.2) is 30.3 Å². The highest BCUT2D eigenvalue weighted by molar-refractivity contribution is 5.90. The molecular formula is C17H26N2O. The number of para-hydroxylation sites is 1. The van der Waals surface area contributed by atoms with Crippen LogP contribution in [0.4, 0.5) is 5.69 Å². The van der Waals surface area contributed by atoms with Gasteiger partial charge >= 0.3 is 0 Å². The topological polar surface area (TPSA) is 32.3 Å². The Morgan fingerprint density at radius 2 is 1.95 bits per heavy atom. The molecule has 2 rings (SSSR count). The summed E-state index contributed by atoms with van der Waals surface area (Å²) in [4.78, 5) is 14.3. The maximum Gasteiger partial charge on any atom is 0.225 e. The summed E-state index contributed by atoms with van der Waals surface area (Å²) in [5.74, 6) is 0.859. The number of carbonyl (C=O) groups excluding carboxylic acids is 1. The Hall–Kier alpha value is -1.35. The van der Waals surface area contributed by atoms with Gasteiger partial charge in [0, 0.05) is 24.7 Å². The van der Waals surface area contributed by atoms with Crippen LogP contribution in [0.2, 0.25) is 0 Å². The zero-order valence-corrected chi connectivity index (χ0v) is 12.6. The van der Waals surface area contributed by atoms with Crippen molar-refractivity contribution < 1.29 is 4.79 Å². The van der Waals surface area contributed by atoms with Crippen molar-refractivity contribution in [1.82, 2.24) is 4.90 Å². The molecule has 0 heterocycles. The van der Waals surface area contributed by atoms with Crippen molar-refractivity contribution in [2.24, 2.45) is 5.92 Å². The van der Waals surface area contributed by atoms with E-state index in [0.717, 1.165) is 18.2 Å². The number of nitrogens with one attached hydrogen (secondary N) is 1. The number of amides is 1. The molecule has 20 heavy (non-hydrogen) atoms. The summed E-state index contributed by atoms with van der Waals surface area (Å²) in [6.45, 7) is 3.18. The molecule has 0 aliphatic heterocycles. The summed E-state index contributed by atoms with van der Waals surface area (Å²) in [6, 6.07) is 10.3.